The van der Waals surface area contributed by atoms with Crippen molar-refractivity contribution in [2.24, 2.45) is 5.41 Å². The van der Waals surface area contributed by atoms with Crippen molar-refractivity contribution < 1.29 is 5.11 Å². The van der Waals surface area contributed by atoms with E-state index in [-0.39, 0.29) is 5.76 Å². The van der Waals surface area contributed by atoms with Crippen molar-refractivity contribution in [2.75, 3.05) is 11.5 Å². The van der Waals surface area contributed by atoms with E-state index in [1.807, 2.05) is 0 Å². The van der Waals surface area contributed by atoms with Crippen LogP contribution in [0.5, 0.6) is 0 Å². The van der Waals surface area contributed by atoms with E-state index in [2.05, 4.69) is 27.4 Å². The van der Waals surface area contributed by atoms with Gasteiger partial charge in [0.1, 0.15) is 0 Å². The molecule has 0 aliphatic rings. The van der Waals surface area contributed by atoms with Crippen LogP contribution in [0, 0.1) is 5.41 Å². The monoisotopic (exact) mass is 174 g/mol. The maximum atomic E-state index is 8.77. The number of hydrogen-bond acceptors (Lipinski definition) is 2. The van der Waals surface area contributed by atoms with Crippen LogP contribution in [0.1, 0.15) is 27.2 Å². The molecule has 0 radical (unpaired) electrons. The van der Waals surface area contributed by atoms with Crippen LogP contribution < -0.4 is 0 Å². The SMILES string of the molecule is C=C(O)CSCCC(C)(C)C. The van der Waals surface area contributed by atoms with Crippen LogP contribution in [0.4, 0.5) is 0 Å². The average molecular weight is 174 g/mol. The van der Waals surface area contributed by atoms with Crippen LogP contribution in [0.3, 0.4) is 0 Å². The van der Waals surface area contributed by atoms with Crippen LogP contribution in [-0.4, -0.2) is 16.6 Å². The highest BCUT2D eigenvalue weighted by Crippen LogP contribution is 2.21. The average Bonchev–Trinajstić information content (AvgIpc) is 1.78. The Labute approximate surface area is 73.9 Å². The van der Waals surface area contributed by atoms with Gasteiger partial charge in [-0.05, 0) is 17.6 Å². The van der Waals surface area contributed by atoms with Crippen LogP contribution in [0.15, 0.2) is 12.3 Å². The molecule has 0 heterocycles. The molecule has 0 saturated heterocycles. The Kier molecular flexibility index (Phi) is 4.66. The summed E-state index contributed by atoms with van der Waals surface area (Å²) in [6.07, 6.45) is 1.19. The van der Waals surface area contributed by atoms with Crippen LogP contribution in [0.25, 0.3) is 0 Å². The highest BCUT2D eigenvalue weighted by molar-refractivity contribution is 7.99. The summed E-state index contributed by atoms with van der Waals surface area (Å²) >= 11 is 1.74. The van der Waals surface area contributed by atoms with Gasteiger partial charge in [0.2, 0.25) is 0 Å². The Morgan fingerprint density at radius 1 is 1.45 bits per heavy atom. The lowest BCUT2D eigenvalue weighted by molar-refractivity contribution is 0.400. The number of rotatable bonds is 4. The van der Waals surface area contributed by atoms with Gasteiger partial charge in [0, 0.05) is 0 Å². The van der Waals surface area contributed by atoms with Crippen molar-refractivity contribution in [3.63, 3.8) is 0 Å². The van der Waals surface area contributed by atoms with E-state index >= 15 is 0 Å². The van der Waals surface area contributed by atoms with E-state index in [0.29, 0.717) is 11.2 Å². The molecule has 0 fully saturated rings. The summed E-state index contributed by atoms with van der Waals surface area (Å²) in [5, 5.41) is 8.77. The Balaban J connectivity index is 3.22. The van der Waals surface area contributed by atoms with Crippen molar-refractivity contribution >= 4 is 11.8 Å². The molecule has 0 rings (SSSR count). The summed E-state index contributed by atoms with van der Waals surface area (Å²) in [7, 11) is 0. The van der Waals surface area contributed by atoms with Gasteiger partial charge < -0.3 is 5.11 Å². The summed E-state index contributed by atoms with van der Waals surface area (Å²) in [5.74, 6) is 2.06. The second-order valence-corrected chi connectivity index (χ2v) is 5.03. The lowest BCUT2D eigenvalue weighted by atomic mass is 9.94. The smallest absolute Gasteiger partial charge is 0.0949 e. The molecule has 2 heteroatoms. The molecule has 66 valence electrons. The molecule has 0 spiro atoms. The first-order valence-corrected chi connectivity index (χ1v) is 5.02. The summed E-state index contributed by atoms with van der Waals surface area (Å²) < 4.78 is 0. The molecule has 1 nitrogen and oxygen atoms in total. The first-order chi connectivity index (χ1) is 4.92. The summed E-state index contributed by atoms with van der Waals surface area (Å²) in [5.41, 5.74) is 0.407. The highest BCUT2D eigenvalue weighted by Gasteiger charge is 2.08. The van der Waals surface area contributed by atoms with Crippen LogP contribution in [0.2, 0.25) is 0 Å². The van der Waals surface area contributed by atoms with Gasteiger partial charge in [-0.3, -0.25) is 0 Å². The van der Waals surface area contributed by atoms with Crippen molar-refractivity contribution in [3.8, 4) is 0 Å². The molecule has 0 atom stereocenters. The van der Waals surface area contributed by atoms with Gasteiger partial charge >= 0.3 is 0 Å². The molecule has 0 saturated carbocycles. The van der Waals surface area contributed by atoms with E-state index in [1.165, 1.54) is 6.42 Å². The zero-order chi connectivity index (χ0) is 8.91. The zero-order valence-electron chi connectivity index (χ0n) is 7.68. The molecule has 0 aliphatic carbocycles. The van der Waals surface area contributed by atoms with Gasteiger partial charge in [0.15, 0.2) is 0 Å². The van der Waals surface area contributed by atoms with Gasteiger partial charge in [-0.25, -0.2) is 0 Å². The molecular formula is C9H18OS. The highest BCUT2D eigenvalue weighted by atomic mass is 32.2. The van der Waals surface area contributed by atoms with Crippen molar-refractivity contribution in [2.45, 2.75) is 27.2 Å². The number of thioether (sulfide) groups is 1. The molecule has 11 heavy (non-hydrogen) atoms. The topological polar surface area (TPSA) is 20.2 Å². The number of aliphatic hydroxyl groups is 1. The predicted octanol–water partition coefficient (Wildman–Crippen LogP) is 3.23. The quantitative estimate of drug-likeness (QED) is 0.521. The standard InChI is InChI=1S/C9H18OS/c1-8(10)7-11-6-5-9(2,3)4/h10H,1,5-7H2,2-4H3. The van der Waals surface area contributed by atoms with E-state index < -0.39 is 0 Å². The van der Waals surface area contributed by atoms with Gasteiger partial charge in [-0.15, -0.1) is 0 Å². The minimum Gasteiger partial charge on any atom is -0.512 e. The molecule has 1 N–H and O–H groups in total. The molecule has 0 aromatic rings. The summed E-state index contributed by atoms with van der Waals surface area (Å²) in [6, 6.07) is 0. The lowest BCUT2D eigenvalue weighted by Crippen LogP contribution is -2.06. The summed E-state index contributed by atoms with van der Waals surface area (Å²) in [4.78, 5) is 0. The molecule has 0 aromatic heterocycles. The molecule has 0 unspecified atom stereocenters. The van der Waals surface area contributed by atoms with Crippen molar-refractivity contribution in [1.82, 2.24) is 0 Å². The predicted molar refractivity (Wildman–Crippen MR) is 53.2 cm³/mol. The van der Waals surface area contributed by atoms with Gasteiger partial charge in [0.25, 0.3) is 0 Å². The lowest BCUT2D eigenvalue weighted by Gasteiger charge is -2.16. The van der Waals surface area contributed by atoms with Gasteiger partial charge in [-0.1, -0.05) is 27.4 Å². The molecule has 0 amide bonds. The van der Waals surface area contributed by atoms with E-state index in [0.717, 1.165) is 5.75 Å². The second-order valence-electron chi connectivity index (χ2n) is 3.93. The van der Waals surface area contributed by atoms with E-state index in [9.17, 15) is 0 Å². The van der Waals surface area contributed by atoms with Crippen LogP contribution >= 0.6 is 11.8 Å². The molecular weight excluding hydrogens is 156 g/mol. The second kappa shape index (κ2) is 4.70. The van der Waals surface area contributed by atoms with E-state index in [4.69, 9.17) is 5.11 Å². The van der Waals surface area contributed by atoms with Crippen molar-refractivity contribution in [3.05, 3.63) is 12.3 Å². The number of hydrogen-bond donors (Lipinski definition) is 1. The zero-order valence-corrected chi connectivity index (χ0v) is 8.50. The summed E-state index contributed by atoms with van der Waals surface area (Å²) in [6.45, 7) is 10.1. The molecule has 0 bridgehead atoms. The fourth-order valence-electron chi connectivity index (χ4n) is 0.568. The first kappa shape index (κ1) is 10.9. The largest absolute Gasteiger partial charge is 0.512 e. The fourth-order valence-corrected chi connectivity index (χ4v) is 1.71. The maximum Gasteiger partial charge on any atom is 0.0949 e. The molecule has 0 aromatic carbocycles. The Morgan fingerprint density at radius 2 is 2.00 bits per heavy atom. The van der Waals surface area contributed by atoms with Gasteiger partial charge in [-0.2, -0.15) is 11.8 Å². The minimum atomic E-state index is 0.281. The fraction of sp³-hybridized carbons (Fsp3) is 0.778. The molecule has 0 aliphatic heterocycles. The third-order valence-electron chi connectivity index (χ3n) is 1.27. The van der Waals surface area contributed by atoms with Crippen molar-refractivity contribution in [1.29, 1.82) is 0 Å². The first-order valence-electron chi connectivity index (χ1n) is 3.86. The third-order valence-corrected chi connectivity index (χ3v) is 2.30. The van der Waals surface area contributed by atoms with Gasteiger partial charge in [0.05, 0.1) is 11.5 Å². The maximum absolute atomic E-state index is 8.77. The Morgan fingerprint density at radius 3 is 2.36 bits per heavy atom. The Hall–Kier alpha value is -0.110. The number of aliphatic hydroxyl groups excluding tert-OH is 1. The third kappa shape index (κ3) is 9.89. The Bertz CT molecular complexity index is 124. The van der Waals surface area contributed by atoms with Crippen LogP contribution in [-0.2, 0) is 0 Å². The normalized spacial score (nSPS) is 11.5. The minimum absolute atomic E-state index is 0.281. The van der Waals surface area contributed by atoms with E-state index in [1.54, 1.807) is 11.8 Å².